The molecule has 1 aliphatic rings. The summed E-state index contributed by atoms with van der Waals surface area (Å²) in [4.78, 5) is 4.75. The molecule has 0 bridgehead atoms. The molecule has 1 aromatic rings. The van der Waals surface area contributed by atoms with Crippen molar-refractivity contribution in [3.8, 4) is 6.07 Å². The lowest BCUT2D eigenvalue weighted by atomic mass is 10.1. The van der Waals surface area contributed by atoms with E-state index >= 15 is 0 Å². The second-order valence-electron chi connectivity index (χ2n) is 4.96. The minimum Gasteiger partial charge on any atom is -0.294 e. The van der Waals surface area contributed by atoms with Gasteiger partial charge in [-0.2, -0.15) is 5.26 Å². The molecule has 0 saturated carbocycles. The predicted molar refractivity (Wildman–Crippen MR) is 73.1 cm³/mol. The minimum absolute atomic E-state index is 0.0409. The van der Waals surface area contributed by atoms with Crippen LogP contribution >= 0.6 is 0 Å². The summed E-state index contributed by atoms with van der Waals surface area (Å²) < 4.78 is 0. The standard InChI is InChI=1S/C15H21N3/c1-13(12-16)17-8-10-18(11-9-17)14(2)15-6-4-3-5-7-15/h3-7,13-14H,8-11H2,1-2H3. The van der Waals surface area contributed by atoms with Gasteiger partial charge in [0.05, 0.1) is 12.1 Å². The number of hydrogen-bond acceptors (Lipinski definition) is 3. The topological polar surface area (TPSA) is 30.3 Å². The van der Waals surface area contributed by atoms with Gasteiger partial charge in [-0.05, 0) is 19.4 Å². The highest BCUT2D eigenvalue weighted by atomic mass is 15.3. The Morgan fingerprint density at radius 3 is 2.11 bits per heavy atom. The summed E-state index contributed by atoms with van der Waals surface area (Å²) in [6, 6.07) is 13.5. The van der Waals surface area contributed by atoms with Crippen LogP contribution in [0.4, 0.5) is 0 Å². The normalized spacial score (nSPS) is 21.2. The zero-order valence-electron chi connectivity index (χ0n) is 11.2. The van der Waals surface area contributed by atoms with Crippen LogP contribution in [0.3, 0.4) is 0 Å². The maximum absolute atomic E-state index is 8.93. The Bertz CT molecular complexity index is 401. The average molecular weight is 243 g/mol. The lowest BCUT2D eigenvalue weighted by molar-refractivity contribution is 0.0918. The van der Waals surface area contributed by atoms with Crippen molar-refractivity contribution in [2.45, 2.75) is 25.9 Å². The molecule has 2 rings (SSSR count). The van der Waals surface area contributed by atoms with Crippen molar-refractivity contribution < 1.29 is 0 Å². The zero-order valence-corrected chi connectivity index (χ0v) is 11.2. The summed E-state index contributed by atoms with van der Waals surface area (Å²) in [7, 11) is 0. The first kappa shape index (κ1) is 13.1. The van der Waals surface area contributed by atoms with Gasteiger partial charge in [0.2, 0.25) is 0 Å². The van der Waals surface area contributed by atoms with Gasteiger partial charge in [0.15, 0.2) is 0 Å². The van der Waals surface area contributed by atoms with Gasteiger partial charge < -0.3 is 0 Å². The molecule has 0 radical (unpaired) electrons. The van der Waals surface area contributed by atoms with Crippen LogP contribution in [-0.2, 0) is 0 Å². The van der Waals surface area contributed by atoms with E-state index in [4.69, 9.17) is 5.26 Å². The average Bonchev–Trinajstić information content (AvgIpc) is 2.47. The van der Waals surface area contributed by atoms with Crippen molar-refractivity contribution in [3.63, 3.8) is 0 Å². The van der Waals surface area contributed by atoms with Crippen molar-refractivity contribution >= 4 is 0 Å². The van der Waals surface area contributed by atoms with Gasteiger partial charge in [-0.3, -0.25) is 9.80 Å². The van der Waals surface area contributed by atoms with Crippen molar-refractivity contribution in [1.29, 1.82) is 5.26 Å². The van der Waals surface area contributed by atoms with Gasteiger partial charge in [-0.1, -0.05) is 30.3 Å². The first-order chi connectivity index (χ1) is 8.72. The van der Waals surface area contributed by atoms with Gasteiger partial charge in [-0.25, -0.2) is 0 Å². The van der Waals surface area contributed by atoms with Crippen LogP contribution in [0, 0.1) is 11.3 Å². The van der Waals surface area contributed by atoms with E-state index in [1.165, 1.54) is 5.56 Å². The Morgan fingerprint density at radius 2 is 1.56 bits per heavy atom. The van der Waals surface area contributed by atoms with E-state index in [-0.39, 0.29) is 6.04 Å². The highest BCUT2D eigenvalue weighted by Crippen LogP contribution is 2.21. The summed E-state index contributed by atoms with van der Waals surface area (Å²) >= 11 is 0. The van der Waals surface area contributed by atoms with Gasteiger partial charge in [0.25, 0.3) is 0 Å². The molecule has 0 aliphatic carbocycles. The molecule has 1 fully saturated rings. The van der Waals surface area contributed by atoms with Crippen LogP contribution in [0.1, 0.15) is 25.5 Å². The van der Waals surface area contributed by atoms with E-state index < -0.39 is 0 Å². The van der Waals surface area contributed by atoms with Crippen LogP contribution < -0.4 is 0 Å². The molecule has 0 N–H and O–H groups in total. The Hall–Kier alpha value is -1.37. The fourth-order valence-corrected chi connectivity index (χ4v) is 2.54. The van der Waals surface area contributed by atoms with Crippen molar-refractivity contribution in [1.82, 2.24) is 9.80 Å². The van der Waals surface area contributed by atoms with Gasteiger partial charge >= 0.3 is 0 Å². The molecule has 3 nitrogen and oxygen atoms in total. The first-order valence-corrected chi connectivity index (χ1v) is 6.65. The summed E-state index contributed by atoms with van der Waals surface area (Å²) in [5.41, 5.74) is 1.37. The van der Waals surface area contributed by atoms with Gasteiger partial charge in [-0.15, -0.1) is 0 Å². The van der Waals surface area contributed by atoms with Gasteiger partial charge in [0.1, 0.15) is 0 Å². The molecule has 3 heteroatoms. The molecule has 0 aromatic heterocycles. The number of hydrogen-bond donors (Lipinski definition) is 0. The molecule has 96 valence electrons. The predicted octanol–water partition coefficient (Wildman–Crippen LogP) is 2.28. The van der Waals surface area contributed by atoms with Crippen molar-refractivity contribution in [3.05, 3.63) is 35.9 Å². The molecular weight excluding hydrogens is 222 g/mol. The monoisotopic (exact) mass is 243 g/mol. The van der Waals surface area contributed by atoms with Crippen LogP contribution in [0.25, 0.3) is 0 Å². The highest BCUT2D eigenvalue weighted by Gasteiger charge is 2.24. The number of rotatable bonds is 3. The molecule has 2 unspecified atom stereocenters. The molecule has 1 heterocycles. The number of benzene rings is 1. The van der Waals surface area contributed by atoms with Gasteiger partial charge in [0, 0.05) is 32.2 Å². The molecular formula is C15H21N3. The second-order valence-corrected chi connectivity index (χ2v) is 4.96. The fraction of sp³-hybridized carbons (Fsp3) is 0.533. The molecule has 1 aromatic carbocycles. The third-order valence-electron chi connectivity index (χ3n) is 3.91. The van der Waals surface area contributed by atoms with Crippen molar-refractivity contribution in [2.24, 2.45) is 0 Å². The molecule has 0 spiro atoms. The molecule has 1 saturated heterocycles. The number of piperazine rings is 1. The Kier molecular flexibility index (Phi) is 4.35. The van der Waals surface area contributed by atoms with Crippen LogP contribution in [-0.4, -0.2) is 42.0 Å². The van der Waals surface area contributed by atoms with Crippen molar-refractivity contribution in [2.75, 3.05) is 26.2 Å². The number of nitriles is 1. The highest BCUT2D eigenvalue weighted by molar-refractivity contribution is 5.18. The summed E-state index contributed by atoms with van der Waals surface area (Å²) in [6.45, 7) is 8.32. The Balaban J connectivity index is 1.92. The van der Waals surface area contributed by atoms with E-state index in [1.54, 1.807) is 0 Å². The van der Waals surface area contributed by atoms with E-state index in [0.717, 1.165) is 26.2 Å². The number of nitrogens with zero attached hydrogens (tertiary/aromatic N) is 3. The second kappa shape index (κ2) is 5.99. The summed E-state index contributed by atoms with van der Waals surface area (Å²) in [6.07, 6.45) is 0. The van der Waals surface area contributed by atoms with E-state index in [9.17, 15) is 0 Å². The SMILES string of the molecule is CC(C#N)N1CCN(C(C)c2ccccc2)CC1. The molecule has 1 aliphatic heterocycles. The minimum atomic E-state index is 0.0409. The molecule has 18 heavy (non-hydrogen) atoms. The Labute approximate surface area is 110 Å². The summed E-state index contributed by atoms with van der Waals surface area (Å²) in [5, 5.41) is 8.93. The van der Waals surface area contributed by atoms with E-state index in [2.05, 4.69) is 53.1 Å². The molecule has 2 atom stereocenters. The third-order valence-corrected chi connectivity index (χ3v) is 3.91. The first-order valence-electron chi connectivity index (χ1n) is 6.65. The van der Waals surface area contributed by atoms with Crippen LogP contribution in [0.2, 0.25) is 0 Å². The largest absolute Gasteiger partial charge is 0.294 e. The van der Waals surface area contributed by atoms with E-state index in [1.807, 2.05) is 6.92 Å². The lowest BCUT2D eigenvalue weighted by Crippen LogP contribution is -2.49. The lowest BCUT2D eigenvalue weighted by Gasteiger charge is -2.39. The summed E-state index contributed by atoms with van der Waals surface area (Å²) in [5.74, 6) is 0. The maximum Gasteiger partial charge on any atom is 0.0950 e. The zero-order chi connectivity index (χ0) is 13.0. The van der Waals surface area contributed by atoms with Crippen LogP contribution in [0.5, 0.6) is 0 Å². The quantitative estimate of drug-likeness (QED) is 0.816. The fourth-order valence-electron chi connectivity index (χ4n) is 2.54. The maximum atomic E-state index is 8.93. The smallest absolute Gasteiger partial charge is 0.0950 e. The third kappa shape index (κ3) is 2.90. The van der Waals surface area contributed by atoms with Crippen LogP contribution in [0.15, 0.2) is 30.3 Å². The Morgan fingerprint density at radius 1 is 1.00 bits per heavy atom. The molecule has 0 amide bonds. The van der Waals surface area contributed by atoms with E-state index in [0.29, 0.717) is 6.04 Å².